The highest BCUT2D eigenvalue weighted by atomic mass is 35.5. The molecule has 0 spiro atoms. The number of halogens is 1. The van der Waals surface area contributed by atoms with Crippen LogP contribution >= 0.6 is 22.9 Å². The van der Waals surface area contributed by atoms with E-state index in [-0.39, 0.29) is 17.7 Å². The smallest absolute Gasteiger partial charge is 0.270 e. The molecule has 5 nitrogen and oxygen atoms in total. The number of hydrogen-bond acceptors (Lipinski definition) is 3. The van der Waals surface area contributed by atoms with Gasteiger partial charge in [0.15, 0.2) is 0 Å². The molecule has 32 heavy (non-hydrogen) atoms. The molecule has 1 aliphatic rings. The van der Waals surface area contributed by atoms with Gasteiger partial charge in [-0.3, -0.25) is 9.59 Å². The Morgan fingerprint density at radius 2 is 1.88 bits per heavy atom. The molecule has 1 aromatic carbocycles. The minimum absolute atomic E-state index is 0.00411. The van der Waals surface area contributed by atoms with Crippen LogP contribution in [0.1, 0.15) is 49.2 Å². The number of aromatic nitrogens is 1. The summed E-state index contributed by atoms with van der Waals surface area (Å²) in [6, 6.07) is 11.8. The van der Waals surface area contributed by atoms with Gasteiger partial charge in [0.25, 0.3) is 5.91 Å². The van der Waals surface area contributed by atoms with E-state index in [0.717, 1.165) is 28.7 Å². The lowest BCUT2D eigenvalue weighted by atomic mass is 9.95. The highest BCUT2D eigenvalue weighted by Crippen LogP contribution is 2.28. The molecule has 0 aliphatic carbocycles. The quantitative estimate of drug-likeness (QED) is 0.500. The van der Waals surface area contributed by atoms with Crippen LogP contribution in [0.3, 0.4) is 0 Å². The molecule has 1 saturated heterocycles. The fraction of sp³-hybridized carbons (Fsp3) is 0.440. The Hall–Kier alpha value is -2.31. The zero-order valence-electron chi connectivity index (χ0n) is 18.6. The van der Waals surface area contributed by atoms with Crippen LogP contribution in [0.2, 0.25) is 5.02 Å². The Kier molecular flexibility index (Phi) is 7.21. The van der Waals surface area contributed by atoms with Crippen molar-refractivity contribution in [2.75, 3.05) is 19.6 Å². The molecule has 2 aromatic heterocycles. The number of amides is 2. The molecule has 1 N–H and O–H groups in total. The minimum Gasteiger partial charge on any atom is -0.356 e. The van der Waals surface area contributed by atoms with Crippen LogP contribution < -0.4 is 5.32 Å². The largest absolute Gasteiger partial charge is 0.356 e. The molecule has 0 unspecified atom stereocenters. The first-order chi connectivity index (χ1) is 15.4. The number of hydrogen-bond donors (Lipinski definition) is 1. The van der Waals surface area contributed by atoms with Gasteiger partial charge in [-0.15, -0.1) is 11.3 Å². The van der Waals surface area contributed by atoms with Crippen molar-refractivity contribution in [2.24, 2.45) is 11.8 Å². The number of likely N-dealkylation sites (tertiary alicyclic amines) is 1. The predicted octanol–water partition coefficient (Wildman–Crippen LogP) is 5.42. The molecule has 0 atom stereocenters. The van der Waals surface area contributed by atoms with Crippen molar-refractivity contribution in [1.29, 1.82) is 0 Å². The van der Waals surface area contributed by atoms with Crippen molar-refractivity contribution in [3.63, 3.8) is 0 Å². The van der Waals surface area contributed by atoms with Crippen LogP contribution in [0.25, 0.3) is 10.2 Å². The van der Waals surface area contributed by atoms with Gasteiger partial charge in [0.1, 0.15) is 5.69 Å². The Labute approximate surface area is 198 Å². The number of nitrogens with zero attached hydrogens (tertiary/aromatic N) is 2. The third kappa shape index (κ3) is 5.18. The first-order valence-corrected chi connectivity index (χ1v) is 12.6. The summed E-state index contributed by atoms with van der Waals surface area (Å²) in [4.78, 5) is 27.8. The maximum atomic E-state index is 13.4. The average Bonchev–Trinajstić information content (AvgIpc) is 3.37. The predicted molar refractivity (Wildman–Crippen MR) is 131 cm³/mol. The Morgan fingerprint density at radius 3 is 2.56 bits per heavy atom. The fourth-order valence-electron chi connectivity index (χ4n) is 4.23. The molecule has 1 aliphatic heterocycles. The summed E-state index contributed by atoms with van der Waals surface area (Å²) in [6.45, 7) is 6.88. The van der Waals surface area contributed by atoms with E-state index in [0.29, 0.717) is 49.1 Å². The fourth-order valence-corrected chi connectivity index (χ4v) is 5.18. The van der Waals surface area contributed by atoms with Gasteiger partial charge in [-0.05, 0) is 60.4 Å². The lowest BCUT2D eigenvalue weighted by Gasteiger charge is -2.31. The summed E-state index contributed by atoms with van der Waals surface area (Å²) in [7, 11) is 0. The molecule has 7 heteroatoms. The third-order valence-electron chi connectivity index (χ3n) is 6.17. The maximum Gasteiger partial charge on any atom is 0.270 e. The van der Waals surface area contributed by atoms with E-state index < -0.39 is 0 Å². The van der Waals surface area contributed by atoms with Gasteiger partial charge >= 0.3 is 0 Å². The van der Waals surface area contributed by atoms with E-state index in [4.69, 9.17) is 11.6 Å². The number of rotatable bonds is 7. The first kappa shape index (κ1) is 22.9. The molecular weight excluding hydrogens is 442 g/mol. The van der Waals surface area contributed by atoms with Gasteiger partial charge in [0.2, 0.25) is 5.91 Å². The van der Waals surface area contributed by atoms with Crippen molar-refractivity contribution in [1.82, 2.24) is 14.8 Å². The van der Waals surface area contributed by atoms with Gasteiger partial charge in [-0.2, -0.15) is 0 Å². The monoisotopic (exact) mass is 471 g/mol. The van der Waals surface area contributed by atoms with Gasteiger partial charge in [0.05, 0.1) is 10.2 Å². The SMILES string of the molecule is CC(C)CCNC(=O)C1CCN(C(=O)c2cc3sccc3n2Cc2ccc(Cl)cc2)CC1. The number of piperidine rings is 1. The topological polar surface area (TPSA) is 54.3 Å². The van der Waals surface area contributed by atoms with E-state index in [2.05, 4.69) is 35.2 Å². The Morgan fingerprint density at radius 1 is 1.16 bits per heavy atom. The highest BCUT2D eigenvalue weighted by molar-refractivity contribution is 7.17. The first-order valence-electron chi connectivity index (χ1n) is 11.3. The van der Waals surface area contributed by atoms with E-state index in [1.165, 1.54) is 0 Å². The number of fused-ring (bicyclic) bond motifs is 1. The van der Waals surface area contributed by atoms with E-state index >= 15 is 0 Å². The Bertz CT molecular complexity index is 1080. The van der Waals surface area contributed by atoms with Crippen molar-refractivity contribution in [2.45, 2.75) is 39.7 Å². The van der Waals surface area contributed by atoms with Crippen molar-refractivity contribution in [3.05, 3.63) is 58.1 Å². The molecule has 4 rings (SSSR count). The van der Waals surface area contributed by atoms with Crippen molar-refractivity contribution >= 4 is 45.0 Å². The van der Waals surface area contributed by atoms with Crippen LogP contribution in [0.15, 0.2) is 41.8 Å². The Balaban J connectivity index is 1.44. The second kappa shape index (κ2) is 10.1. The molecule has 2 amide bonds. The van der Waals surface area contributed by atoms with Gasteiger partial charge in [-0.1, -0.05) is 37.6 Å². The van der Waals surface area contributed by atoms with Gasteiger partial charge in [0, 0.05) is 37.1 Å². The molecular formula is C25H30ClN3O2S. The van der Waals surface area contributed by atoms with E-state index in [1.807, 2.05) is 35.2 Å². The summed E-state index contributed by atoms with van der Waals surface area (Å²) in [5.41, 5.74) is 2.89. The van der Waals surface area contributed by atoms with Crippen molar-refractivity contribution < 1.29 is 9.59 Å². The lowest BCUT2D eigenvalue weighted by Crippen LogP contribution is -2.43. The average molecular weight is 472 g/mol. The maximum absolute atomic E-state index is 13.4. The number of carbonyl (C=O) groups is 2. The number of thiophene rings is 1. The van der Waals surface area contributed by atoms with Gasteiger partial charge in [-0.25, -0.2) is 0 Å². The number of nitrogens with one attached hydrogen (secondary N) is 1. The summed E-state index contributed by atoms with van der Waals surface area (Å²) in [5, 5.41) is 5.82. The second-order valence-corrected chi connectivity index (χ2v) is 10.3. The normalized spacial score (nSPS) is 14.9. The minimum atomic E-state index is -0.00411. The molecule has 3 aromatic rings. The summed E-state index contributed by atoms with van der Waals surface area (Å²) >= 11 is 7.68. The second-order valence-electron chi connectivity index (χ2n) is 8.95. The van der Waals surface area contributed by atoms with E-state index in [1.54, 1.807) is 11.3 Å². The van der Waals surface area contributed by atoms with Crippen LogP contribution in [0, 0.1) is 11.8 Å². The number of carbonyl (C=O) groups excluding carboxylic acids is 2. The number of benzene rings is 1. The lowest BCUT2D eigenvalue weighted by molar-refractivity contribution is -0.126. The molecule has 0 bridgehead atoms. The van der Waals surface area contributed by atoms with Crippen molar-refractivity contribution in [3.8, 4) is 0 Å². The van der Waals surface area contributed by atoms with Gasteiger partial charge < -0.3 is 14.8 Å². The molecule has 170 valence electrons. The highest BCUT2D eigenvalue weighted by Gasteiger charge is 2.29. The van der Waals surface area contributed by atoms with Crippen LogP contribution in [0.5, 0.6) is 0 Å². The third-order valence-corrected chi connectivity index (χ3v) is 7.27. The summed E-state index contributed by atoms with van der Waals surface area (Å²) in [5.74, 6) is 0.745. The standard InChI is InChI=1S/C25H30ClN3O2S/c1-17(2)7-11-27-24(30)19-8-12-28(13-9-19)25(31)22-15-23-21(10-14-32-23)29(22)16-18-3-5-20(26)6-4-18/h3-6,10,14-15,17,19H,7-9,11-13,16H2,1-2H3,(H,27,30). The van der Waals surface area contributed by atoms with Crippen LogP contribution in [0.4, 0.5) is 0 Å². The summed E-state index contributed by atoms with van der Waals surface area (Å²) < 4.78 is 3.21. The summed E-state index contributed by atoms with van der Waals surface area (Å²) in [6.07, 6.45) is 2.42. The molecule has 0 saturated carbocycles. The molecule has 1 fully saturated rings. The molecule has 3 heterocycles. The zero-order chi connectivity index (χ0) is 22.7. The van der Waals surface area contributed by atoms with E-state index in [9.17, 15) is 9.59 Å². The van der Waals surface area contributed by atoms with Crippen LogP contribution in [-0.4, -0.2) is 40.9 Å². The zero-order valence-corrected chi connectivity index (χ0v) is 20.2. The molecule has 0 radical (unpaired) electrons. The van der Waals surface area contributed by atoms with Crippen LogP contribution in [-0.2, 0) is 11.3 Å².